The maximum atomic E-state index is 13.1. The number of hydrogen-bond donors (Lipinski definition) is 0. The fourth-order valence-electron chi connectivity index (χ4n) is 4.21. The Kier molecular flexibility index (Phi) is 5.35. The number of rotatable bonds is 8. The zero-order valence-electron chi connectivity index (χ0n) is 17.6. The van der Waals surface area contributed by atoms with Gasteiger partial charge in [0.15, 0.2) is 5.43 Å². The number of hydrogen-bond acceptors (Lipinski definition) is 5. The van der Waals surface area contributed by atoms with Crippen molar-refractivity contribution in [1.29, 1.82) is 0 Å². The summed E-state index contributed by atoms with van der Waals surface area (Å²) in [5.41, 5.74) is 1.82. The van der Waals surface area contributed by atoms with Crippen LogP contribution in [0.1, 0.15) is 12.8 Å². The second-order valence-electron chi connectivity index (χ2n) is 8.33. The maximum absolute atomic E-state index is 13.1. The smallest absolute Gasteiger partial charge is 0.197 e. The van der Waals surface area contributed by atoms with Crippen molar-refractivity contribution in [2.75, 3.05) is 52.5 Å². The topological polar surface area (TPSA) is 46.9 Å². The molecule has 3 heterocycles. The molecule has 2 fully saturated rings. The predicted octanol–water partition coefficient (Wildman–Crippen LogP) is 2.86. The van der Waals surface area contributed by atoms with Crippen molar-refractivity contribution < 1.29 is 9.47 Å². The molecule has 2 saturated heterocycles. The van der Waals surface area contributed by atoms with Gasteiger partial charge < -0.3 is 14.0 Å². The first-order chi connectivity index (χ1) is 14.7. The van der Waals surface area contributed by atoms with Gasteiger partial charge in [-0.1, -0.05) is 0 Å². The highest BCUT2D eigenvalue weighted by Gasteiger charge is 2.15. The Morgan fingerprint density at radius 2 is 1.23 bits per heavy atom. The van der Waals surface area contributed by atoms with Crippen LogP contribution < -0.4 is 14.9 Å². The van der Waals surface area contributed by atoms with Crippen LogP contribution in [0.15, 0.2) is 41.2 Å². The van der Waals surface area contributed by atoms with Crippen molar-refractivity contribution in [2.24, 2.45) is 7.05 Å². The summed E-state index contributed by atoms with van der Waals surface area (Å²) in [6.45, 7) is 7.92. The van der Waals surface area contributed by atoms with Crippen molar-refractivity contribution in [1.82, 2.24) is 14.4 Å². The van der Waals surface area contributed by atoms with Crippen molar-refractivity contribution in [3.8, 4) is 11.5 Å². The molecule has 5 rings (SSSR count). The lowest BCUT2D eigenvalue weighted by Gasteiger charge is -2.30. The lowest BCUT2D eigenvalue weighted by atomic mass is 10.1. The third-order valence-electron chi connectivity index (χ3n) is 6.40. The average molecular weight is 408 g/mol. The van der Waals surface area contributed by atoms with E-state index in [9.17, 15) is 4.79 Å². The van der Waals surface area contributed by atoms with E-state index in [-0.39, 0.29) is 5.43 Å². The SMILES string of the molecule is Cn1c2cc(OCCN3CCC3)ccc2c(=O)c2ccc(OCCN3CCC3)cc21. The van der Waals surface area contributed by atoms with Crippen molar-refractivity contribution in [2.45, 2.75) is 12.8 Å². The fraction of sp³-hybridized carbons (Fsp3) is 0.458. The molecule has 2 aliphatic heterocycles. The summed E-state index contributed by atoms with van der Waals surface area (Å²) in [6.07, 6.45) is 2.57. The molecule has 2 aliphatic rings. The zero-order chi connectivity index (χ0) is 20.5. The summed E-state index contributed by atoms with van der Waals surface area (Å²) in [5, 5.41) is 1.43. The largest absolute Gasteiger partial charge is 0.492 e. The molecule has 6 heteroatoms. The van der Waals surface area contributed by atoms with Gasteiger partial charge in [0.2, 0.25) is 0 Å². The second-order valence-corrected chi connectivity index (χ2v) is 8.33. The summed E-state index contributed by atoms with van der Waals surface area (Å²) in [7, 11) is 2.00. The molecule has 0 atom stereocenters. The predicted molar refractivity (Wildman–Crippen MR) is 120 cm³/mol. The molecule has 6 nitrogen and oxygen atoms in total. The Morgan fingerprint density at radius 3 is 1.63 bits per heavy atom. The van der Waals surface area contributed by atoms with Gasteiger partial charge >= 0.3 is 0 Å². The molecule has 158 valence electrons. The molecule has 0 spiro atoms. The quantitative estimate of drug-likeness (QED) is 0.538. The Labute approximate surface area is 176 Å². The lowest BCUT2D eigenvalue weighted by Crippen LogP contribution is -2.39. The summed E-state index contributed by atoms with van der Waals surface area (Å²) < 4.78 is 14.0. The Bertz CT molecular complexity index is 1030. The number of nitrogens with zero attached hydrogens (tertiary/aromatic N) is 3. The van der Waals surface area contributed by atoms with Gasteiger partial charge in [0.1, 0.15) is 24.7 Å². The number of fused-ring (bicyclic) bond motifs is 2. The van der Waals surface area contributed by atoms with Crippen LogP contribution in [-0.4, -0.2) is 66.8 Å². The van der Waals surface area contributed by atoms with Crippen LogP contribution in [0.4, 0.5) is 0 Å². The van der Waals surface area contributed by atoms with Crippen LogP contribution in [0, 0.1) is 0 Å². The lowest BCUT2D eigenvalue weighted by molar-refractivity contribution is 0.147. The maximum Gasteiger partial charge on any atom is 0.197 e. The van der Waals surface area contributed by atoms with Gasteiger partial charge in [-0.25, -0.2) is 0 Å². The fourth-order valence-corrected chi connectivity index (χ4v) is 4.21. The third kappa shape index (κ3) is 3.77. The molecule has 0 bridgehead atoms. The number of likely N-dealkylation sites (tertiary alicyclic amines) is 2. The van der Waals surface area contributed by atoms with Gasteiger partial charge in [0.05, 0.1) is 11.0 Å². The zero-order valence-corrected chi connectivity index (χ0v) is 17.6. The summed E-state index contributed by atoms with van der Waals surface area (Å²) in [6, 6.07) is 11.5. The highest BCUT2D eigenvalue weighted by molar-refractivity contribution is 5.94. The van der Waals surface area contributed by atoms with Crippen LogP contribution in [0.3, 0.4) is 0 Å². The Morgan fingerprint density at radius 1 is 0.767 bits per heavy atom. The molecule has 0 amide bonds. The van der Waals surface area contributed by atoms with E-state index in [2.05, 4.69) is 14.4 Å². The number of benzene rings is 2. The molecule has 0 N–H and O–H groups in total. The molecule has 0 radical (unpaired) electrons. The van der Waals surface area contributed by atoms with Gasteiger partial charge in [-0.3, -0.25) is 14.6 Å². The minimum atomic E-state index is 0.0531. The molecule has 30 heavy (non-hydrogen) atoms. The van der Waals surface area contributed by atoms with Crippen LogP contribution in [-0.2, 0) is 7.05 Å². The minimum Gasteiger partial charge on any atom is -0.492 e. The van der Waals surface area contributed by atoms with Crippen LogP contribution in [0.25, 0.3) is 21.8 Å². The molecular formula is C24H29N3O3. The average Bonchev–Trinajstić information content (AvgIpc) is 2.69. The van der Waals surface area contributed by atoms with Gasteiger partial charge in [-0.15, -0.1) is 0 Å². The van der Waals surface area contributed by atoms with Gasteiger partial charge in [0.25, 0.3) is 0 Å². The molecule has 1 aromatic heterocycles. The van der Waals surface area contributed by atoms with E-state index >= 15 is 0 Å². The summed E-state index contributed by atoms with van der Waals surface area (Å²) >= 11 is 0. The van der Waals surface area contributed by atoms with E-state index in [1.54, 1.807) is 0 Å². The van der Waals surface area contributed by atoms with Crippen LogP contribution in [0.2, 0.25) is 0 Å². The number of pyridine rings is 1. The van der Waals surface area contributed by atoms with Crippen LogP contribution in [0.5, 0.6) is 11.5 Å². The molecule has 0 unspecified atom stereocenters. The van der Waals surface area contributed by atoms with Gasteiger partial charge in [-0.05, 0) is 63.3 Å². The first-order valence-electron chi connectivity index (χ1n) is 11.0. The van der Waals surface area contributed by atoms with Crippen molar-refractivity contribution >= 4 is 21.8 Å². The minimum absolute atomic E-state index is 0.0531. The van der Waals surface area contributed by atoms with Gasteiger partial charge in [0, 0.05) is 43.0 Å². The van der Waals surface area contributed by atoms with Crippen molar-refractivity contribution in [3.63, 3.8) is 0 Å². The summed E-state index contributed by atoms with van der Waals surface area (Å²) in [4.78, 5) is 17.8. The number of ether oxygens (including phenoxy) is 2. The molecule has 2 aromatic carbocycles. The van der Waals surface area contributed by atoms with E-state index in [4.69, 9.17) is 9.47 Å². The standard InChI is InChI=1S/C24H29N3O3/c1-25-22-16-18(29-14-12-26-8-2-9-26)4-6-20(22)24(28)21-7-5-19(17-23(21)25)30-15-13-27-10-3-11-27/h4-7,16-17H,2-3,8-15H2,1H3. The first-order valence-corrected chi connectivity index (χ1v) is 11.0. The van der Waals surface area contributed by atoms with Gasteiger partial charge in [-0.2, -0.15) is 0 Å². The molecule has 3 aromatic rings. The molecule has 0 aliphatic carbocycles. The van der Waals surface area contributed by atoms with E-state index in [0.29, 0.717) is 24.0 Å². The van der Waals surface area contributed by atoms with E-state index < -0.39 is 0 Å². The molecule has 0 saturated carbocycles. The van der Waals surface area contributed by atoms with E-state index in [1.165, 1.54) is 39.0 Å². The highest BCUT2D eigenvalue weighted by atomic mass is 16.5. The van der Waals surface area contributed by atoms with E-state index in [1.807, 2.05) is 43.4 Å². The Balaban J connectivity index is 1.39. The van der Waals surface area contributed by atoms with Crippen molar-refractivity contribution in [3.05, 3.63) is 46.6 Å². The second kappa shape index (κ2) is 8.28. The van der Waals surface area contributed by atoms with Crippen LogP contribution >= 0.6 is 0 Å². The first kappa shape index (κ1) is 19.4. The highest BCUT2D eigenvalue weighted by Crippen LogP contribution is 2.25. The number of aryl methyl sites for hydroxylation is 1. The normalized spacial score (nSPS) is 17.1. The van der Waals surface area contributed by atoms with E-state index in [0.717, 1.165) is 35.6 Å². The third-order valence-corrected chi connectivity index (χ3v) is 6.40. The summed E-state index contributed by atoms with van der Waals surface area (Å²) in [5.74, 6) is 1.61. The Hall–Kier alpha value is -2.57. The molecular weight excluding hydrogens is 378 g/mol. The number of aromatic nitrogens is 1. The monoisotopic (exact) mass is 407 g/mol.